The first-order chi connectivity index (χ1) is 6.15. The number of aliphatic carboxylic acids is 1. The van der Waals surface area contributed by atoms with E-state index >= 15 is 0 Å². The molecule has 0 spiro atoms. The molecule has 0 saturated heterocycles. The van der Waals surface area contributed by atoms with Crippen molar-refractivity contribution in [1.29, 1.82) is 0 Å². The number of rotatable bonds is 3. The third-order valence-corrected chi connectivity index (χ3v) is 3.44. The van der Waals surface area contributed by atoms with E-state index in [2.05, 4.69) is 4.74 Å². The quantitative estimate of drug-likeness (QED) is 0.649. The standard InChI is InChI=1S/C6H11NO6S/c1-6(4(8)9,14(3,11)12)7-5(10)13-2/h1-3H3,(H,7,10)(H,8,9). The van der Waals surface area contributed by atoms with E-state index in [0.717, 1.165) is 14.0 Å². The molecule has 0 fully saturated rings. The Morgan fingerprint density at radius 1 is 1.43 bits per heavy atom. The van der Waals surface area contributed by atoms with Crippen LogP contribution in [-0.2, 0) is 19.4 Å². The molecule has 0 aliphatic heterocycles. The van der Waals surface area contributed by atoms with Crippen molar-refractivity contribution in [1.82, 2.24) is 5.32 Å². The minimum absolute atomic E-state index is 0.705. The van der Waals surface area contributed by atoms with Crippen molar-refractivity contribution in [3.63, 3.8) is 0 Å². The van der Waals surface area contributed by atoms with E-state index in [1.54, 1.807) is 5.32 Å². The van der Waals surface area contributed by atoms with Crippen LogP contribution < -0.4 is 5.32 Å². The van der Waals surface area contributed by atoms with Crippen LogP contribution in [0.2, 0.25) is 0 Å². The number of carbonyl (C=O) groups is 2. The van der Waals surface area contributed by atoms with Gasteiger partial charge in [-0.3, -0.25) is 5.32 Å². The van der Waals surface area contributed by atoms with Crippen molar-refractivity contribution < 1.29 is 27.9 Å². The predicted molar refractivity (Wildman–Crippen MR) is 46.4 cm³/mol. The average molecular weight is 225 g/mol. The number of alkyl carbamates (subject to hydrolysis) is 1. The highest BCUT2D eigenvalue weighted by molar-refractivity contribution is 7.92. The summed E-state index contributed by atoms with van der Waals surface area (Å²) in [5.74, 6) is -1.68. The Kier molecular flexibility index (Phi) is 3.47. The van der Waals surface area contributed by atoms with Gasteiger partial charge in [-0.1, -0.05) is 0 Å². The average Bonchev–Trinajstić information content (AvgIpc) is 2.01. The zero-order chi connectivity index (χ0) is 11.6. The molecule has 14 heavy (non-hydrogen) atoms. The number of nitrogens with one attached hydrogen (secondary N) is 1. The van der Waals surface area contributed by atoms with E-state index in [9.17, 15) is 18.0 Å². The molecule has 0 aromatic heterocycles. The molecule has 0 aromatic carbocycles. The van der Waals surface area contributed by atoms with Gasteiger partial charge in [-0.05, 0) is 6.92 Å². The van der Waals surface area contributed by atoms with Crippen molar-refractivity contribution in [2.45, 2.75) is 11.8 Å². The highest BCUT2D eigenvalue weighted by Gasteiger charge is 2.45. The lowest BCUT2D eigenvalue weighted by molar-refractivity contribution is -0.140. The first-order valence-electron chi connectivity index (χ1n) is 3.44. The zero-order valence-corrected chi connectivity index (χ0v) is 8.71. The van der Waals surface area contributed by atoms with Crippen LogP contribution in [0.1, 0.15) is 6.92 Å². The Bertz CT molecular complexity index is 347. The van der Waals surface area contributed by atoms with Crippen LogP contribution in [0, 0.1) is 0 Å². The Hall–Kier alpha value is -1.31. The van der Waals surface area contributed by atoms with Gasteiger partial charge in [0.25, 0.3) is 0 Å². The smallest absolute Gasteiger partial charge is 0.408 e. The Labute approximate surface area is 81.0 Å². The summed E-state index contributed by atoms with van der Waals surface area (Å²) in [5.41, 5.74) is 0. The number of hydrogen-bond acceptors (Lipinski definition) is 5. The maximum absolute atomic E-state index is 11.1. The van der Waals surface area contributed by atoms with Crippen LogP contribution in [0.25, 0.3) is 0 Å². The first kappa shape index (κ1) is 12.7. The number of ether oxygens (including phenoxy) is 1. The number of sulfone groups is 1. The summed E-state index contributed by atoms with van der Waals surface area (Å²) >= 11 is 0. The van der Waals surface area contributed by atoms with Crippen LogP contribution in [0.5, 0.6) is 0 Å². The molecule has 0 radical (unpaired) electrons. The van der Waals surface area contributed by atoms with Gasteiger partial charge >= 0.3 is 12.1 Å². The Morgan fingerprint density at radius 2 is 1.86 bits per heavy atom. The highest BCUT2D eigenvalue weighted by atomic mass is 32.2. The van der Waals surface area contributed by atoms with Crippen molar-refractivity contribution in [2.75, 3.05) is 13.4 Å². The van der Waals surface area contributed by atoms with Gasteiger partial charge in [0.1, 0.15) is 0 Å². The van der Waals surface area contributed by atoms with E-state index in [4.69, 9.17) is 5.11 Å². The Balaban J connectivity index is 5.15. The number of carboxylic acid groups (broad SMARTS) is 1. The largest absolute Gasteiger partial charge is 0.479 e. The molecular formula is C6H11NO6S. The van der Waals surface area contributed by atoms with Crippen LogP contribution in [-0.4, -0.2) is 43.8 Å². The van der Waals surface area contributed by atoms with Crippen LogP contribution in [0.3, 0.4) is 0 Å². The highest BCUT2D eigenvalue weighted by Crippen LogP contribution is 2.12. The lowest BCUT2D eigenvalue weighted by Crippen LogP contribution is -2.57. The van der Waals surface area contributed by atoms with Gasteiger partial charge in [0.15, 0.2) is 9.84 Å². The van der Waals surface area contributed by atoms with E-state index < -0.39 is 26.8 Å². The fourth-order valence-corrected chi connectivity index (χ4v) is 1.14. The normalized spacial score (nSPS) is 15.4. The number of amides is 1. The van der Waals surface area contributed by atoms with Gasteiger partial charge in [0, 0.05) is 6.26 Å². The van der Waals surface area contributed by atoms with Gasteiger partial charge in [0.05, 0.1) is 7.11 Å². The van der Waals surface area contributed by atoms with Crippen molar-refractivity contribution in [2.24, 2.45) is 0 Å². The molecule has 0 rings (SSSR count). The first-order valence-corrected chi connectivity index (χ1v) is 5.33. The monoisotopic (exact) mass is 225 g/mol. The molecule has 0 aliphatic rings. The number of methoxy groups -OCH3 is 1. The van der Waals surface area contributed by atoms with Crippen molar-refractivity contribution in [3.8, 4) is 0 Å². The summed E-state index contributed by atoms with van der Waals surface area (Å²) in [6, 6.07) is 0. The maximum Gasteiger partial charge on any atom is 0.408 e. The number of carbonyl (C=O) groups excluding carboxylic acids is 1. The van der Waals surface area contributed by atoms with E-state index in [-0.39, 0.29) is 0 Å². The molecule has 0 bridgehead atoms. The second-order valence-corrected chi connectivity index (χ2v) is 5.09. The van der Waals surface area contributed by atoms with E-state index in [1.165, 1.54) is 0 Å². The molecule has 0 aromatic rings. The van der Waals surface area contributed by atoms with Gasteiger partial charge in [-0.15, -0.1) is 0 Å². The molecule has 1 atom stereocenters. The summed E-state index contributed by atoms with van der Waals surface area (Å²) in [4.78, 5) is 19.0. The van der Waals surface area contributed by atoms with Gasteiger partial charge in [0.2, 0.25) is 4.87 Å². The molecular weight excluding hydrogens is 214 g/mol. The maximum atomic E-state index is 11.1. The molecule has 0 aliphatic carbocycles. The molecule has 82 valence electrons. The van der Waals surface area contributed by atoms with Crippen molar-refractivity contribution >= 4 is 21.9 Å². The molecule has 0 heterocycles. The topological polar surface area (TPSA) is 110 Å². The molecule has 0 saturated carbocycles. The van der Waals surface area contributed by atoms with Crippen LogP contribution in [0.4, 0.5) is 4.79 Å². The number of hydrogen-bond donors (Lipinski definition) is 2. The predicted octanol–water partition coefficient (Wildman–Crippen LogP) is -0.812. The van der Waals surface area contributed by atoms with Gasteiger partial charge in [-0.25, -0.2) is 18.0 Å². The second kappa shape index (κ2) is 3.82. The van der Waals surface area contributed by atoms with E-state index in [1.807, 2.05) is 0 Å². The lowest BCUT2D eigenvalue weighted by Gasteiger charge is -2.22. The summed E-state index contributed by atoms with van der Waals surface area (Å²) in [5, 5.41) is 10.4. The summed E-state index contributed by atoms with van der Waals surface area (Å²) < 4.78 is 26.3. The number of carboxylic acids is 1. The van der Waals surface area contributed by atoms with Gasteiger partial charge < -0.3 is 9.84 Å². The fraction of sp³-hybridized carbons (Fsp3) is 0.667. The molecule has 8 heteroatoms. The third kappa shape index (κ3) is 2.34. The zero-order valence-electron chi connectivity index (χ0n) is 7.90. The summed E-state index contributed by atoms with van der Waals surface area (Å²) in [6.07, 6.45) is -0.419. The third-order valence-electron chi connectivity index (χ3n) is 1.68. The van der Waals surface area contributed by atoms with Crippen molar-refractivity contribution in [3.05, 3.63) is 0 Å². The molecule has 1 unspecified atom stereocenters. The summed E-state index contributed by atoms with van der Waals surface area (Å²) in [7, 11) is -2.98. The Morgan fingerprint density at radius 3 is 2.07 bits per heavy atom. The SMILES string of the molecule is COC(=O)NC(C)(C(=O)O)S(C)(=O)=O. The molecule has 7 nitrogen and oxygen atoms in total. The van der Waals surface area contributed by atoms with Gasteiger partial charge in [-0.2, -0.15) is 0 Å². The summed E-state index contributed by atoms with van der Waals surface area (Å²) in [6.45, 7) is 0.863. The minimum Gasteiger partial charge on any atom is -0.479 e. The van der Waals surface area contributed by atoms with E-state index in [0.29, 0.717) is 6.26 Å². The molecule has 1 amide bonds. The second-order valence-electron chi connectivity index (χ2n) is 2.73. The van der Waals surface area contributed by atoms with Crippen LogP contribution in [0.15, 0.2) is 0 Å². The van der Waals surface area contributed by atoms with Crippen LogP contribution >= 0.6 is 0 Å². The fourth-order valence-electron chi connectivity index (χ4n) is 0.551. The minimum atomic E-state index is -3.98. The lowest BCUT2D eigenvalue weighted by atomic mass is 10.3. The molecule has 2 N–H and O–H groups in total.